The Hall–Kier alpha value is -0.500. The fourth-order valence-corrected chi connectivity index (χ4v) is 9.50. The van der Waals surface area contributed by atoms with Crippen LogP contribution in [0.15, 0.2) is 12.2 Å². The molecule has 0 aromatic heterocycles. The zero-order valence-electron chi connectivity index (χ0n) is 21.0. The van der Waals surface area contributed by atoms with Crippen LogP contribution in [0.1, 0.15) is 85.5 Å². The lowest BCUT2D eigenvalue weighted by Gasteiger charge is -2.65. The lowest BCUT2D eigenvalue weighted by Crippen LogP contribution is -2.71. The van der Waals surface area contributed by atoms with E-state index in [-0.39, 0.29) is 35.0 Å². The standard InChI is InChI=1S/C27H46N2O4/c1-5-6-19(28)23-22(33-23)16(2)18-7-8-20-24(18,3)11-10-21-25(4)12-9-17(30)15-26(25,31)13-14-27(20,21)29-32/h13-14,16-23,29-32H,5-12,15,28H2,1-4H3/t16-,17-,18+,19+,20+,21+,22?,23?,24+,25+,26+,27+/m0/s1. The number of nitrogens with two attached hydrogens (primary N) is 1. The van der Waals surface area contributed by atoms with Crippen molar-refractivity contribution in [2.45, 2.75) is 121 Å². The van der Waals surface area contributed by atoms with E-state index in [0.29, 0.717) is 30.6 Å². The number of fused-ring (bicyclic) bond motifs is 5. The van der Waals surface area contributed by atoms with Gasteiger partial charge in [-0.1, -0.05) is 46.3 Å². The van der Waals surface area contributed by atoms with Crippen LogP contribution in [0, 0.1) is 34.5 Å². The number of ether oxygens (including phenoxy) is 1. The Balaban J connectivity index is 1.43. The van der Waals surface area contributed by atoms with E-state index in [0.717, 1.165) is 44.9 Å². The van der Waals surface area contributed by atoms with Gasteiger partial charge in [0.05, 0.1) is 29.5 Å². The van der Waals surface area contributed by atoms with Crippen LogP contribution < -0.4 is 11.2 Å². The molecule has 0 aromatic rings. The molecule has 0 radical (unpaired) electrons. The van der Waals surface area contributed by atoms with Crippen LogP contribution in [0.2, 0.25) is 0 Å². The lowest BCUT2D eigenvalue weighted by molar-refractivity contribution is -0.195. The van der Waals surface area contributed by atoms with E-state index in [1.54, 1.807) is 0 Å². The van der Waals surface area contributed by atoms with Gasteiger partial charge in [0.1, 0.15) is 0 Å². The highest BCUT2D eigenvalue weighted by Crippen LogP contribution is 2.69. The first-order valence-corrected chi connectivity index (χ1v) is 13.5. The maximum atomic E-state index is 11.6. The molecule has 1 saturated heterocycles. The van der Waals surface area contributed by atoms with E-state index in [2.05, 4.69) is 39.3 Å². The second-order valence-electron chi connectivity index (χ2n) is 12.8. The van der Waals surface area contributed by atoms with Crippen molar-refractivity contribution in [3.8, 4) is 0 Å². The average Bonchev–Trinajstić information content (AvgIpc) is 3.50. The van der Waals surface area contributed by atoms with Gasteiger partial charge in [-0.15, -0.1) is 0 Å². The Morgan fingerprint density at radius 3 is 2.55 bits per heavy atom. The van der Waals surface area contributed by atoms with Crippen LogP contribution in [-0.4, -0.2) is 50.9 Å². The third-order valence-corrected chi connectivity index (χ3v) is 11.4. The Labute approximate surface area is 199 Å². The van der Waals surface area contributed by atoms with Gasteiger partial charge in [-0.25, -0.2) is 0 Å². The molecule has 3 saturated carbocycles. The maximum Gasteiger partial charge on any atom is 0.0995 e. The average molecular weight is 463 g/mol. The van der Waals surface area contributed by atoms with Gasteiger partial charge in [0.15, 0.2) is 0 Å². The zero-order valence-corrected chi connectivity index (χ0v) is 21.0. The zero-order chi connectivity index (χ0) is 23.8. The third kappa shape index (κ3) is 3.27. The minimum Gasteiger partial charge on any atom is -0.393 e. The van der Waals surface area contributed by atoms with Gasteiger partial charge in [-0.3, -0.25) is 0 Å². The predicted octanol–water partition coefficient (Wildman–Crippen LogP) is 3.53. The number of hydroxylamine groups is 1. The summed E-state index contributed by atoms with van der Waals surface area (Å²) in [6, 6.07) is 0.134. The number of hydrogen-bond donors (Lipinski definition) is 5. The molecule has 5 rings (SSSR count). The van der Waals surface area contributed by atoms with Gasteiger partial charge < -0.3 is 25.9 Å². The van der Waals surface area contributed by atoms with Crippen LogP contribution in [0.25, 0.3) is 0 Å². The first-order valence-electron chi connectivity index (χ1n) is 13.5. The lowest BCUT2D eigenvalue weighted by atomic mass is 9.42. The van der Waals surface area contributed by atoms with Crippen LogP contribution in [0.5, 0.6) is 0 Å². The van der Waals surface area contributed by atoms with Crippen molar-refractivity contribution in [3.63, 3.8) is 0 Å². The van der Waals surface area contributed by atoms with Crippen molar-refractivity contribution in [1.82, 2.24) is 5.48 Å². The summed E-state index contributed by atoms with van der Waals surface area (Å²) in [6.45, 7) is 9.15. The van der Waals surface area contributed by atoms with E-state index in [1.807, 2.05) is 6.08 Å². The first kappa shape index (κ1) is 24.2. The number of rotatable bonds is 6. The quantitative estimate of drug-likeness (QED) is 0.235. The van der Waals surface area contributed by atoms with E-state index in [4.69, 9.17) is 10.5 Å². The summed E-state index contributed by atoms with van der Waals surface area (Å²) in [6.07, 6.45) is 12.2. The molecule has 5 aliphatic rings. The highest BCUT2D eigenvalue weighted by Gasteiger charge is 2.69. The maximum absolute atomic E-state index is 11.6. The van der Waals surface area contributed by atoms with Gasteiger partial charge in [0.25, 0.3) is 0 Å². The van der Waals surface area contributed by atoms with Crippen molar-refractivity contribution in [2.24, 2.45) is 40.2 Å². The molecule has 4 fully saturated rings. The topological polar surface area (TPSA) is 111 Å². The monoisotopic (exact) mass is 462 g/mol. The fourth-order valence-electron chi connectivity index (χ4n) is 9.50. The smallest absolute Gasteiger partial charge is 0.0995 e. The van der Waals surface area contributed by atoms with Crippen molar-refractivity contribution < 1.29 is 20.2 Å². The Kier molecular flexibility index (Phi) is 5.87. The van der Waals surface area contributed by atoms with E-state index < -0.39 is 17.2 Å². The number of epoxide rings is 1. The summed E-state index contributed by atoms with van der Waals surface area (Å²) >= 11 is 0. The normalized spacial score (nSPS) is 54.8. The largest absolute Gasteiger partial charge is 0.393 e. The molecule has 0 amide bonds. The SMILES string of the molecule is CCC[C@@H](N)C1OC1[C@@H](C)[C@H]1CC[C@@H]2[C@]1(C)CC[C@H]1[C@@]2(NO)C=C[C@@]2(O)C[C@@H](O)CC[C@]12C. The number of aliphatic hydroxyl groups is 2. The summed E-state index contributed by atoms with van der Waals surface area (Å²) < 4.78 is 6.14. The molecule has 4 aliphatic carbocycles. The number of hydrogen-bond acceptors (Lipinski definition) is 6. The molecule has 0 spiro atoms. The Bertz CT molecular complexity index is 792. The van der Waals surface area contributed by atoms with E-state index in [1.165, 1.54) is 0 Å². The fraction of sp³-hybridized carbons (Fsp3) is 0.926. The molecule has 1 heterocycles. The van der Waals surface area contributed by atoms with Crippen LogP contribution in [0.4, 0.5) is 0 Å². The number of nitrogens with one attached hydrogen (secondary N) is 1. The molecule has 6 heteroatoms. The molecule has 1 aliphatic heterocycles. The van der Waals surface area contributed by atoms with Crippen molar-refractivity contribution in [2.75, 3.05) is 0 Å². The van der Waals surface area contributed by atoms with Gasteiger partial charge in [-0.2, -0.15) is 5.48 Å². The molecular weight excluding hydrogens is 416 g/mol. The van der Waals surface area contributed by atoms with Gasteiger partial charge in [-0.05, 0) is 74.0 Å². The first-order chi connectivity index (χ1) is 15.6. The Morgan fingerprint density at radius 2 is 1.85 bits per heavy atom. The molecule has 33 heavy (non-hydrogen) atoms. The summed E-state index contributed by atoms with van der Waals surface area (Å²) in [4.78, 5) is 0. The molecular formula is C27H46N2O4. The molecule has 12 atom stereocenters. The molecule has 0 bridgehead atoms. The summed E-state index contributed by atoms with van der Waals surface area (Å²) in [5, 5.41) is 32.7. The highest BCUT2D eigenvalue weighted by atomic mass is 16.6. The van der Waals surface area contributed by atoms with Crippen LogP contribution in [0.3, 0.4) is 0 Å². The van der Waals surface area contributed by atoms with Crippen molar-refractivity contribution in [3.05, 3.63) is 12.2 Å². The minimum atomic E-state index is -1.01. The number of aliphatic hydroxyl groups excluding tert-OH is 1. The van der Waals surface area contributed by atoms with Gasteiger partial charge >= 0.3 is 0 Å². The summed E-state index contributed by atoms with van der Waals surface area (Å²) in [5.74, 6) is 1.41. The van der Waals surface area contributed by atoms with Crippen molar-refractivity contribution in [1.29, 1.82) is 0 Å². The third-order valence-electron chi connectivity index (χ3n) is 11.4. The summed E-state index contributed by atoms with van der Waals surface area (Å²) in [7, 11) is 0. The van der Waals surface area contributed by atoms with E-state index in [9.17, 15) is 15.4 Å². The summed E-state index contributed by atoms with van der Waals surface area (Å²) in [5.41, 5.74) is 7.42. The highest BCUT2D eigenvalue weighted by molar-refractivity contribution is 5.32. The second-order valence-corrected chi connectivity index (χ2v) is 12.8. The molecule has 188 valence electrons. The van der Waals surface area contributed by atoms with Crippen molar-refractivity contribution >= 4 is 0 Å². The predicted molar refractivity (Wildman–Crippen MR) is 127 cm³/mol. The van der Waals surface area contributed by atoms with Crippen LogP contribution in [-0.2, 0) is 4.74 Å². The van der Waals surface area contributed by atoms with Crippen LogP contribution >= 0.6 is 0 Å². The molecule has 0 aromatic carbocycles. The van der Waals surface area contributed by atoms with Gasteiger partial charge in [0, 0.05) is 17.9 Å². The van der Waals surface area contributed by atoms with E-state index >= 15 is 0 Å². The van der Waals surface area contributed by atoms with Gasteiger partial charge in [0.2, 0.25) is 0 Å². The minimum absolute atomic E-state index is 0.0985. The second kappa shape index (κ2) is 8.01. The molecule has 6 nitrogen and oxygen atoms in total. The molecule has 2 unspecified atom stereocenters. The Morgan fingerprint density at radius 1 is 1.09 bits per heavy atom. The molecule has 6 N–H and O–H groups in total.